The molecule has 1 aromatic heterocycles. The van der Waals surface area contributed by atoms with Gasteiger partial charge in [0.15, 0.2) is 0 Å². The first-order chi connectivity index (χ1) is 19.2. The maximum Gasteiger partial charge on any atom is 0.254 e. The van der Waals surface area contributed by atoms with Crippen molar-refractivity contribution in [3.63, 3.8) is 0 Å². The number of primary amides is 1. The van der Waals surface area contributed by atoms with Gasteiger partial charge in [0.25, 0.3) is 5.91 Å². The van der Waals surface area contributed by atoms with E-state index in [-0.39, 0.29) is 17.7 Å². The smallest absolute Gasteiger partial charge is 0.254 e. The van der Waals surface area contributed by atoms with Crippen LogP contribution in [0.5, 0.6) is 0 Å². The van der Waals surface area contributed by atoms with Crippen molar-refractivity contribution in [1.29, 1.82) is 0 Å². The van der Waals surface area contributed by atoms with E-state index in [1.165, 1.54) is 0 Å². The Labute approximate surface area is 239 Å². The van der Waals surface area contributed by atoms with E-state index >= 15 is 0 Å². The summed E-state index contributed by atoms with van der Waals surface area (Å²) >= 11 is 6.22. The van der Waals surface area contributed by atoms with Crippen molar-refractivity contribution in [1.82, 2.24) is 24.7 Å². The van der Waals surface area contributed by atoms with Crippen LogP contribution in [-0.2, 0) is 11.2 Å². The van der Waals surface area contributed by atoms with Crippen LogP contribution in [0.3, 0.4) is 0 Å². The van der Waals surface area contributed by atoms with Gasteiger partial charge in [0.2, 0.25) is 11.8 Å². The fourth-order valence-electron chi connectivity index (χ4n) is 5.85. The third-order valence-electron chi connectivity index (χ3n) is 8.28. The number of likely N-dealkylation sites (N-methyl/N-ethyl adjacent to an activating group) is 1. The molecule has 2 fully saturated rings. The number of likely N-dealkylation sites (tertiary alicyclic amines) is 2. The maximum absolute atomic E-state index is 13.5. The zero-order valence-electron chi connectivity index (χ0n) is 23.2. The number of fused-ring (bicyclic) bond motifs is 1. The lowest BCUT2D eigenvalue weighted by Crippen LogP contribution is -2.34. The average molecular weight is 565 g/mol. The molecule has 0 radical (unpaired) electrons. The molecule has 0 bridgehead atoms. The molecule has 5 rings (SSSR count). The number of nitrogens with zero attached hydrogens (tertiary/aromatic N) is 4. The molecule has 2 aromatic carbocycles. The molecular weight excluding hydrogens is 528 g/mol. The summed E-state index contributed by atoms with van der Waals surface area (Å²) < 4.78 is 0. The second kappa shape index (κ2) is 12.0. The number of aromatic nitrogens is 2. The third-order valence-corrected chi connectivity index (χ3v) is 8.52. The number of rotatable bonds is 9. The number of H-pyrrole nitrogens is 1. The molecule has 3 amide bonds. The Bertz CT molecular complexity index is 1410. The van der Waals surface area contributed by atoms with Gasteiger partial charge in [-0.2, -0.15) is 0 Å². The first-order valence-electron chi connectivity index (χ1n) is 14.0. The molecule has 2 aliphatic heterocycles. The van der Waals surface area contributed by atoms with Crippen LogP contribution in [0.25, 0.3) is 11.0 Å². The quantitative estimate of drug-likeness (QED) is 0.410. The van der Waals surface area contributed by atoms with Crippen LogP contribution < -0.4 is 5.73 Å². The van der Waals surface area contributed by atoms with E-state index in [9.17, 15) is 14.4 Å². The number of carbonyl (C=O) groups is 3. The topological polar surface area (TPSA) is 116 Å². The maximum atomic E-state index is 13.5. The van der Waals surface area contributed by atoms with Gasteiger partial charge in [-0.05, 0) is 88.2 Å². The standard InChI is InChI=1S/C30H37ClN6O3/c1-35(2)23-11-14-37(18-23)27(38)10-6-20(29-33-25-9-7-22(31)17-26(25)34-29)16-21-15-19(28(32)39)5-8-24(21)30(40)36-12-3-4-13-36/h5,7-9,15,17,20,23H,3-4,6,10-14,16,18H2,1-2H3,(H2,32,39)(H,33,34)/t20-,23-/m0/s1. The molecule has 0 unspecified atom stereocenters. The Morgan fingerprint density at radius 1 is 1.10 bits per heavy atom. The molecule has 3 aromatic rings. The number of imidazole rings is 1. The van der Waals surface area contributed by atoms with Crippen LogP contribution in [0.15, 0.2) is 36.4 Å². The number of carbonyl (C=O) groups excluding carboxylic acids is 3. The second-order valence-electron chi connectivity index (χ2n) is 11.2. The van der Waals surface area contributed by atoms with Gasteiger partial charge in [-0.1, -0.05) is 11.6 Å². The van der Waals surface area contributed by atoms with Gasteiger partial charge < -0.3 is 25.4 Å². The summed E-state index contributed by atoms with van der Waals surface area (Å²) in [5, 5.41) is 0.592. The number of benzene rings is 2. The molecule has 2 aliphatic rings. The minimum atomic E-state index is -0.545. The molecular formula is C30H37ClN6O3. The van der Waals surface area contributed by atoms with E-state index in [0.717, 1.165) is 67.9 Å². The van der Waals surface area contributed by atoms with Crippen molar-refractivity contribution in [3.8, 4) is 0 Å². The lowest BCUT2D eigenvalue weighted by atomic mass is 9.89. The number of aromatic amines is 1. The molecule has 0 aliphatic carbocycles. The van der Waals surface area contributed by atoms with Crippen molar-refractivity contribution < 1.29 is 14.4 Å². The molecule has 40 heavy (non-hydrogen) atoms. The van der Waals surface area contributed by atoms with Crippen molar-refractivity contribution in [2.45, 2.75) is 50.5 Å². The predicted molar refractivity (Wildman–Crippen MR) is 156 cm³/mol. The molecule has 0 saturated carbocycles. The third kappa shape index (κ3) is 6.15. The first kappa shape index (κ1) is 28.1. The van der Waals surface area contributed by atoms with E-state index in [1.54, 1.807) is 24.3 Å². The van der Waals surface area contributed by atoms with Crippen LogP contribution in [0.1, 0.15) is 70.1 Å². The summed E-state index contributed by atoms with van der Waals surface area (Å²) in [6, 6.07) is 10.9. The minimum Gasteiger partial charge on any atom is -0.366 e. The number of nitrogens with one attached hydrogen (secondary N) is 1. The number of hydrogen-bond donors (Lipinski definition) is 2. The molecule has 212 valence electrons. The molecule has 2 saturated heterocycles. The van der Waals surface area contributed by atoms with Gasteiger partial charge in [0.05, 0.1) is 11.0 Å². The molecule has 2 atom stereocenters. The van der Waals surface area contributed by atoms with E-state index in [0.29, 0.717) is 41.5 Å². The van der Waals surface area contributed by atoms with Crippen LogP contribution in [0, 0.1) is 0 Å². The molecule has 3 N–H and O–H groups in total. The summed E-state index contributed by atoms with van der Waals surface area (Å²) in [6.07, 6.45) is 4.25. The van der Waals surface area contributed by atoms with E-state index in [2.05, 4.69) is 9.88 Å². The van der Waals surface area contributed by atoms with Gasteiger partial charge >= 0.3 is 0 Å². The fraction of sp³-hybridized carbons (Fsp3) is 0.467. The lowest BCUT2D eigenvalue weighted by molar-refractivity contribution is -0.130. The molecule has 10 heteroatoms. The summed E-state index contributed by atoms with van der Waals surface area (Å²) in [4.78, 5) is 53.0. The number of halogens is 1. The number of amides is 3. The number of hydrogen-bond acceptors (Lipinski definition) is 5. The highest BCUT2D eigenvalue weighted by Crippen LogP contribution is 2.30. The average Bonchev–Trinajstić information content (AvgIpc) is 3.71. The highest BCUT2D eigenvalue weighted by molar-refractivity contribution is 6.31. The Morgan fingerprint density at radius 3 is 2.58 bits per heavy atom. The second-order valence-corrected chi connectivity index (χ2v) is 11.6. The van der Waals surface area contributed by atoms with Gasteiger partial charge in [0, 0.05) is 60.7 Å². The Kier molecular flexibility index (Phi) is 8.42. The zero-order valence-corrected chi connectivity index (χ0v) is 23.9. The monoisotopic (exact) mass is 564 g/mol. The van der Waals surface area contributed by atoms with Gasteiger partial charge in [-0.3, -0.25) is 14.4 Å². The summed E-state index contributed by atoms with van der Waals surface area (Å²) in [5.74, 6) is 0.0580. The van der Waals surface area contributed by atoms with Gasteiger partial charge in [-0.15, -0.1) is 0 Å². The van der Waals surface area contributed by atoms with E-state index in [4.69, 9.17) is 22.3 Å². The summed E-state index contributed by atoms with van der Waals surface area (Å²) in [5.41, 5.74) is 8.86. The largest absolute Gasteiger partial charge is 0.366 e. The van der Waals surface area contributed by atoms with Crippen molar-refractivity contribution in [2.75, 3.05) is 40.3 Å². The molecule has 0 spiro atoms. The van der Waals surface area contributed by atoms with Crippen LogP contribution in [0.4, 0.5) is 0 Å². The molecule has 9 nitrogen and oxygen atoms in total. The first-order valence-corrected chi connectivity index (χ1v) is 14.4. The SMILES string of the molecule is CN(C)[C@H]1CCN(C(=O)CC[C@@H](Cc2cc(C(N)=O)ccc2C(=O)N2CCCC2)c2nc3cc(Cl)ccc3[nH]2)C1. The van der Waals surface area contributed by atoms with Crippen LogP contribution in [-0.4, -0.2) is 88.7 Å². The molecule has 3 heterocycles. The van der Waals surface area contributed by atoms with E-state index in [1.807, 2.05) is 36.0 Å². The number of nitrogens with two attached hydrogens (primary N) is 1. The Morgan fingerprint density at radius 2 is 1.88 bits per heavy atom. The normalized spacial score (nSPS) is 18.1. The van der Waals surface area contributed by atoms with E-state index < -0.39 is 5.91 Å². The Hall–Kier alpha value is -3.43. The van der Waals surface area contributed by atoms with Crippen LogP contribution in [0.2, 0.25) is 5.02 Å². The van der Waals surface area contributed by atoms with Crippen molar-refractivity contribution in [3.05, 3.63) is 63.9 Å². The van der Waals surface area contributed by atoms with Crippen molar-refractivity contribution >= 4 is 40.4 Å². The Balaban J connectivity index is 1.45. The van der Waals surface area contributed by atoms with Gasteiger partial charge in [0.1, 0.15) is 5.82 Å². The summed E-state index contributed by atoms with van der Waals surface area (Å²) in [7, 11) is 4.09. The minimum absolute atomic E-state index is 0.0403. The summed E-state index contributed by atoms with van der Waals surface area (Å²) in [6.45, 7) is 2.93. The van der Waals surface area contributed by atoms with Gasteiger partial charge in [-0.25, -0.2) is 4.98 Å². The zero-order chi connectivity index (χ0) is 28.4. The highest BCUT2D eigenvalue weighted by Gasteiger charge is 2.29. The van der Waals surface area contributed by atoms with Crippen molar-refractivity contribution in [2.24, 2.45) is 5.73 Å². The fourth-order valence-corrected chi connectivity index (χ4v) is 6.02. The highest BCUT2D eigenvalue weighted by atomic mass is 35.5. The lowest BCUT2D eigenvalue weighted by Gasteiger charge is -2.22. The van der Waals surface area contributed by atoms with Crippen LogP contribution >= 0.6 is 11.6 Å². The predicted octanol–water partition coefficient (Wildman–Crippen LogP) is 3.82.